The SMILES string of the molecule is O=C(OC(Cc1ccccc1)c1ccccc1)c1cn2c(n1)CN(C1CCC1)CC2. The highest BCUT2D eigenvalue weighted by atomic mass is 16.5. The zero-order chi connectivity index (χ0) is 20.3. The summed E-state index contributed by atoms with van der Waals surface area (Å²) in [6.45, 7) is 2.74. The van der Waals surface area contributed by atoms with Gasteiger partial charge in [-0.1, -0.05) is 67.1 Å². The van der Waals surface area contributed by atoms with Crippen LogP contribution < -0.4 is 0 Å². The predicted molar refractivity (Wildman–Crippen MR) is 115 cm³/mol. The summed E-state index contributed by atoms with van der Waals surface area (Å²) in [7, 11) is 0. The van der Waals surface area contributed by atoms with Crippen molar-refractivity contribution in [3.05, 3.63) is 89.5 Å². The molecule has 2 aromatic carbocycles. The number of ether oxygens (including phenoxy) is 1. The Morgan fingerprint density at radius 1 is 1.03 bits per heavy atom. The number of imidazole rings is 1. The Kier molecular flexibility index (Phi) is 5.37. The van der Waals surface area contributed by atoms with Gasteiger partial charge in [0.15, 0.2) is 5.69 Å². The van der Waals surface area contributed by atoms with Gasteiger partial charge in [0, 0.05) is 31.7 Å². The lowest BCUT2D eigenvalue weighted by Gasteiger charge is -2.39. The lowest BCUT2D eigenvalue weighted by atomic mass is 9.91. The number of carbonyl (C=O) groups excluding carboxylic acids is 1. The second-order valence-electron chi connectivity index (χ2n) is 8.29. The maximum atomic E-state index is 13.0. The highest BCUT2D eigenvalue weighted by molar-refractivity contribution is 5.87. The number of rotatable bonds is 6. The van der Waals surface area contributed by atoms with Gasteiger partial charge in [-0.15, -0.1) is 0 Å². The molecule has 1 saturated carbocycles. The van der Waals surface area contributed by atoms with Crippen molar-refractivity contribution in [2.45, 2.75) is 50.9 Å². The summed E-state index contributed by atoms with van der Waals surface area (Å²) in [6, 6.07) is 20.8. The van der Waals surface area contributed by atoms with Gasteiger partial charge < -0.3 is 9.30 Å². The van der Waals surface area contributed by atoms with Gasteiger partial charge in [0.2, 0.25) is 0 Å². The predicted octanol–water partition coefficient (Wildman–Crippen LogP) is 4.39. The third-order valence-electron chi connectivity index (χ3n) is 6.32. The van der Waals surface area contributed by atoms with Crippen molar-refractivity contribution in [1.29, 1.82) is 0 Å². The molecule has 0 spiro atoms. The fraction of sp³-hybridized carbons (Fsp3) is 0.360. The molecule has 2 heterocycles. The number of hydrogen-bond donors (Lipinski definition) is 0. The van der Waals surface area contributed by atoms with Gasteiger partial charge in [-0.25, -0.2) is 9.78 Å². The Labute approximate surface area is 177 Å². The Hall–Kier alpha value is -2.92. The summed E-state index contributed by atoms with van der Waals surface area (Å²) >= 11 is 0. The molecular formula is C25H27N3O2. The van der Waals surface area contributed by atoms with Crippen molar-refractivity contribution in [1.82, 2.24) is 14.5 Å². The van der Waals surface area contributed by atoms with Crippen LogP contribution >= 0.6 is 0 Å². The first-order valence-corrected chi connectivity index (χ1v) is 10.9. The molecule has 0 saturated heterocycles. The summed E-state index contributed by atoms with van der Waals surface area (Å²) in [6.07, 6.45) is 6.06. The molecule has 0 bridgehead atoms. The van der Waals surface area contributed by atoms with Gasteiger partial charge in [-0.05, 0) is 24.0 Å². The van der Waals surface area contributed by atoms with Crippen LogP contribution in [0.5, 0.6) is 0 Å². The van der Waals surface area contributed by atoms with Crippen molar-refractivity contribution in [3.63, 3.8) is 0 Å². The molecule has 154 valence electrons. The zero-order valence-electron chi connectivity index (χ0n) is 17.1. The van der Waals surface area contributed by atoms with Gasteiger partial charge >= 0.3 is 5.97 Å². The second kappa shape index (κ2) is 8.44. The van der Waals surface area contributed by atoms with Gasteiger partial charge in [-0.2, -0.15) is 0 Å². The molecule has 1 aliphatic heterocycles. The van der Waals surface area contributed by atoms with Crippen molar-refractivity contribution < 1.29 is 9.53 Å². The van der Waals surface area contributed by atoms with Crippen LogP contribution in [0.4, 0.5) is 0 Å². The van der Waals surface area contributed by atoms with Crippen molar-refractivity contribution in [2.24, 2.45) is 0 Å². The molecular weight excluding hydrogens is 374 g/mol. The van der Waals surface area contributed by atoms with Crippen LogP contribution in [0.3, 0.4) is 0 Å². The van der Waals surface area contributed by atoms with E-state index >= 15 is 0 Å². The number of benzene rings is 2. The molecule has 5 rings (SSSR count). The van der Waals surface area contributed by atoms with E-state index in [1.165, 1.54) is 19.3 Å². The molecule has 1 unspecified atom stereocenters. The van der Waals surface area contributed by atoms with Crippen LogP contribution in [0.2, 0.25) is 0 Å². The van der Waals surface area contributed by atoms with Gasteiger partial charge in [0.05, 0.1) is 6.54 Å². The molecule has 5 heteroatoms. The Balaban J connectivity index is 1.32. The van der Waals surface area contributed by atoms with E-state index in [2.05, 4.69) is 26.6 Å². The van der Waals surface area contributed by atoms with Gasteiger partial charge in [-0.3, -0.25) is 4.90 Å². The van der Waals surface area contributed by atoms with Crippen LogP contribution in [-0.2, 0) is 24.2 Å². The normalized spacial score (nSPS) is 17.7. The largest absolute Gasteiger partial charge is 0.452 e. The van der Waals surface area contributed by atoms with Crippen LogP contribution in [0.25, 0.3) is 0 Å². The Bertz CT molecular complexity index is 996. The third kappa shape index (κ3) is 4.03. The molecule has 3 aromatic rings. The van der Waals surface area contributed by atoms with E-state index in [1.54, 1.807) is 0 Å². The van der Waals surface area contributed by atoms with Crippen molar-refractivity contribution in [2.75, 3.05) is 6.54 Å². The quantitative estimate of drug-likeness (QED) is 0.575. The van der Waals surface area contributed by atoms with E-state index in [-0.39, 0.29) is 12.1 Å². The van der Waals surface area contributed by atoms with E-state index < -0.39 is 0 Å². The molecule has 2 aliphatic rings. The average Bonchev–Trinajstić information content (AvgIpc) is 3.17. The Morgan fingerprint density at radius 3 is 2.47 bits per heavy atom. The van der Waals surface area contributed by atoms with Crippen molar-refractivity contribution >= 4 is 5.97 Å². The zero-order valence-corrected chi connectivity index (χ0v) is 17.1. The van der Waals surface area contributed by atoms with Crippen molar-refractivity contribution in [3.8, 4) is 0 Å². The smallest absolute Gasteiger partial charge is 0.359 e. The Morgan fingerprint density at radius 2 is 1.77 bits per heavy atom. The highest BCUT2D eigenvalue weighted by Crippen LogP contribution is 2.28. The van der Waals surface area contributed by atoms with Crippen LogP contribution in [0.1, 0.15) is 52.8 Å². The summed E-state index contributed by atoms with van der Waals surface area (Å²) in [5.41, 5.74) is 2.55. The average molecular weight is 402 g/mol. The molecule has 1 fully saturated rings. The molecule has 0 N–H and O–H groups in total. The molecule has 5 nitrogen and oxygen atoms in total. The van der Waals surface area contributed by atoms with E-state index in [4.69, 9.17) is 4.74 Å². The van der Waals surface area contributed by atoms with E-state index in [9.17, 15) is 4.79 Å². The summed E-state index contributed by atoms with van der Waals surface area (Å²) in [5.74, 6) is 0.622. The topological polar surface area (TPSA) is 47.4 Å². The highest BCUT2D eigenvalue weighted by Gasteiger charge is 2.30. The maximum absolute atomic E-state index is 13.0. The number of aromatic nitrogens is 2. The number of esters is 1. The fourth-order valence-electron chi connectivity index (χ4n) is 4.35. The monoisotopic (exact) mass is 401 g/mol. The number of nitrogens with zero attached hydrogens (tertiary/aromatic N) is 3. The first-order chi connectivity index (χ1) is 14.8. The lowest BCUT2D eigenvalue weighted by Crippen LogP contribution is -2.44. The van der Waals surface area contributed by atoms with E-state index in [1.807, 2.05) is 54.7 Å². The maximum Gasteiger partial charge on any atom is 0.359 e. The minimum Gasteiger partial charge on any atom is -0.452 e. The van der Waals surface area contributed by atoms with Gasteiger partial charge in [0.25, 0.3) is 0 Å². The van der Waals surface area contributed by atoms with Crippen LogP contribution in [0.15, 0.2) is 66.9 Å². The van der Waals surface area contributed by atoms with Gasteiger partial charge in [0.1, 0.15) is 11.9 Å². The first kappa shape index (κ1) is 19.1. The fourth-order valence-corrected chi connectivity index (χ4v) is 4.35. The molecule has 1 atom stereocenters. The number of carbonyl (C=O) groups is 1. The molecule has 30 heavy (non-hydrogen) atoms. The standard InChI is InChI=1S/C25H27N3O2/c29-25(22-17-28-15-14-27(18-24(28)26-22)21-12-7-13-21)30-23(20-10-5-2-6-11-20)16-19-8-3-1-4-9-19/h1-6,8-11,17,21,23H,7,12-16,18H2. The minimum atomic E-state index is -0.350. The lowest BCUT2D eigenvalue weighted by molar-refractivity contribution is 0.0291. The van der Waals surface area contributed by atoms with Crippen LogP contribution in [-0.4, -0.2) is 33.0 Å². The summed E-state index contributed by atoms with van der Waals surface area (Å²) < 4.78 is 8.09. The third-order valence-corrected chi connectivity index (χ3v) is 6.32. The van der Waals surface area contributed by atoms with E-state index in [0.717, 1.165) is 36.6 Å². The minimum absolute atomic E-state index is 0.341. The first-order valence-electron chi connectivity index (χ1n) is 10.9. The summed E-state index contributed by atoms with van der Waals surface area (Å²) in [5, 5.41) is 0. The molecule has 0 radical (unpaired) electrons. The molecule has 1 aliphatic carbocycles. The molecule has 0 amide bonds. The van der Waals surface area contributed by atoms with E-state index in [0.29, 0.717) is 18.2 Å². The summed E-state index contributed by atoms with van der Waals surface area (Å²) in [4.78, 5) is 20.2. The number of hydrogen-bond acceptors (Lipinski definition) is 4. The molecule has 1 aromatic heterocycles. The number of fused-ring (bicyclic) bond motifs is 1. The van der Waals surface area contributed by atoms with Crippen LogP contribution in [0, 0.1) is 0 Å². The second-order valence-corrected chi connectivity index (χ2v) is 8.29.